The lowest BCUT2D eigenvalue weighted by Crippen LogP contribution is -2.47. The molecule has 0 radical (unpaired) electrons. The first-order valence-corrected chi connectivity index (χ1v) is 9.01. The molecule has 116 valence electrons. The number of hydrogen-bond acceptors (Lipinski definition) is 2. The third-order valence-corrected chi connectivity index (χ3v) is 5.86. The van der Waals surface area contributed by atoms with E-state index in [1.165, 1.54) is 31.4 Å². The van der Waals surface area contributed by atoms with E-state index in [4.69, 9.17) is 0 Å². The fourth-order valence-electron chi connectivity index (χ4n) is 4.37. The average molecular weight is 351 g/mol. The quantitative estimate of drug-likeness (QED) is 0.859. The van der Waals surface area contributed by atoms with E-state index in [-0.39, 0.29) is 5.54 Å². The summed E-state index contributed by atoms with van der Waals surface area (Å²) in [6, 6.07) is 4.31. The van der Waals surface area contributed by atoms with Gasteiger partial charge in [-0.05, 0) is 91.8 Å². The highest BCUT2D eigenvalue weighted by Crippen LogP contribution is 2.57. The normalized spacial score (nSPS) is 31.8. The van der Waals surface area contributed by atoms with E-state index in [1.54, 1.807) is 0 Å². The molecule has 2 saturated carbocycles. The lowest BCUT2D eigenvalue weighted by atomic mass is 9.69. The van der Waals surface area contributed by atoms with Gasteiger partial charge in [0.05, 0.1) is 0 Å². The third-order valence-electron chi connectivity index (χ3n) is 5.40. The van der Waals surface area contributed by atoms with Gasteiger partial charge in [-0.3, -0.25) is 4.98 Å². The molecule has 1 aromatic rings. The van der Waals surface area contributed by atoms with Crippen LogP contribution in [0.3, 0.4) is 0 Å². The van der Waals surface area contributed by atoms with Crippen LogP contribution in [0, 0.1) is 17.3 Å². The molecule has 0 aromatic carbocycles. The van der Waals surface area contributed by atoms with Crippen LogP contribution in [0.1, 0.15) is 52.1 Å². The minimum absolute atomic E-state index is 0.196. The van der Waals surface area contributed by atoms with Gasteiger partial charge in [-0.1, -0.05) is 6.42 Å². The van der Waals surface area contributed by atoms with E-state index in [2.05, 4.69) is 59.1 Å². The molecule has 2 fully saturated rings. The summed E-state index contributed by atoms with van der Waals surface area (Å²) in [5.74, 6) is 1.86. The van der Waals surface area contributed by atoms with Gasteiger partial charge >= 0.3 is 0 Å². The predicted molar refractivity (Wildman–Crippen MR) is 91.3 cm³/mol. The Morgan fingerprint density at radius 3 is 2.67 bits per heavy atom. The summed E-state index contributed by atoms with van der Waals surface area (Å²) in [7, 11) is 0. The number of fused-ring (bicyclic) bond motifs is 2. The Bertz CT molecular complexity index is 491. The molecule has 2 nitrogen and oxygen atoms in total. The van der Waals surface area contributed by atoms with Crippen molar-refractivity contribution in [2.24, 2.45) is 17.3 Å². The van der Waals surface area contributed by atoms with Gasteiger partial charge in [0.25, 0.3) is 0 Å². The van der Waals surface area contributed by atoms with Crippen molar-refractivity contribution in [1.82, 2.24) is 10.3 Å². The summed E-state index contributed by atoms with van der Waals surface area (Å²) in [5.41, 5.74) is 1.88. The summed E-state index contributed by atoms with van der Waals surface area (Å²) in [6.07, 6.45) is 8.78. The Hall–Kier alpha value is -0.410. The number of aromatic nitrogens is 1. The van der Waals surface area contributed by atoms with Crippen molar-refractivity contribution in [3.8, 4) is 0 Å². The Balaban J connectivity index is 1.78. The second-order valence-corrected chi connectivity index (χ2v) is 9.11. The topological polar surface area (TPSA) is 24.9 Å². The molecule has 2 bridgehead atoms. The van der Waals surface area contributed by atoms with Crippen molar-refractivity contribution < 1.29 is 0 Å². The van der Waals surface area contributed by atoms with Gasteiger partial charge in [0.2, 0.25) is 0 Å². The molecule has 1 aromatic heterocycles. The summed E-state index contributed by atoms with van der Waals surface area (Å²) in [4.78, 5) is 4.64. The van der Waals surface area contributed by atoms with Gasteiger partial charge in [0.1, 0.15) is 0 Å². The van der Waals surface area contributed by atoms with E-state index >= 15 is 0 Å². The summed E-state index contributed by atoms with van der Waals surface area (Å²) >= 11 is 3.49. The third kappa shape index (κ3) is 3.50. The molecule has 3 heteroatoms. The van der Waals surface area contributed by atoms with Gasteiger partial charge in [-0.25, -0.2) is 0 Å². The second-order valence-electron chi connectivity index (χ2n) is 8.19. The lowest BCUT2D eigenvalue weighted by molar-refractivity contribution is 0.141. The maximum atomic E-state index is 4.64. The van der Waals surface area contributed by atoms with Crippen molar-refractivity contribution in [3.05, 3.63) is 28.5 Å². The first-order valence-electron chi connectivity index (χ1n) is 8.22. The van der Waals surface area contributed by atoms with E-state index in [9.17, 15) is 0 Å². The second kappa shape index (κ2) is 5.66. The molecule has 1 heterocycles. The molecule has 3 unspecified atom stereocenters. The Morgan fingerprint density at radius 2 is 2.14 bits per heavy atom. The highest BCUT2D eigenvalue weighted by atomic mass is 79.9. The molecule has 0 aliphatic heterocycles. The van der Waals surface area contributed by atoms with Crippen LogP contribution in [0.25, 0.3) is 0 Å². The zero-order valence-corrected chi connectivity index (χ0v) is 15.0. The zero-order chi connectivity index (χ0) is 15.1. The highest BCUT2D eigenvalue weighted by molar-refractivity contribution is 9.10. The van der Waals surface area contributed by atoms with E-state index in [0.29, 0.717) is 5.41 Å². The molecule has 0 saturated heterocycles. The first-order chi connectivity index (χ1) is 9.86. The largest absolute Gasteiger partial charge is 0.311 e. The predicted octanol–water partition coefficient (Wildman–Crippen LogP) is 4.58. The first kappa shape index (κ1) is 15.5. The van der Waals surface area contributed by atoms with Crippen LogP contribution in [0.5, 0.6) is 0 Å². The lowest BCUT2D eigenvalue weighted by Gasteiger charge is -2.40. The van der Waals surface area contributed by atoms with E-state index < -0.39 is 0 Å². The fourth-order valence-corrected chi connectivity index (χ4v) is 4.60. The van der Waals surface area contributed by atoms with E-state index in [1.807, 2.05) is 6.20 Å². The van der Waals surface area contributed by atoms with Crippen molar-refractivity contribution in [2.75, 3.05) is 6.54 Å². The molecular weight excluding hydrogens is 324 g/mol. The van der Waals surface area contributed by atoms with Crippen LogP contribution in [-0.2, 0) is 6.42 Å². The summed E-state index contributed by atoms with van der Waals surface area (Å²) in [5, 5.41) is 3.78. The minimum Gasteiger partial charge on any atom is -0.311 e. The summed E-state index contributed by atoms with van der Waals surface area (Å²) in [6.45, 7) is 7.94. The van der Waals surface area contributed by atoms with Crippen molar-refractivity contribution in [2.45, 2.75) is 58.4 Å². The van der Waals surface area contributed by atoms with Gasteiger partial charge in [0.15, 0.2) is 0 Å². The van der Waals surface area contributed by atoms with Crippen molar-refractivity contribution >= 4 is 15.9 Å². The number of hydrogen-bond donors (Lipinski definition) is 1. The monoisotopic (exact) mass is 350 g/mol. The molecule has 0 spiro atoms. The molecule has 2 aliphatic rings. The molecule has 3 rings (SSSR count). The molecule has 0 amide bonds. The van der Waals surface area contributed by atoms with Crippen LogP contribution >= 0.6 is 15.9 Å². The Labute approximate surface area is 137 Å². The van der Waals surface area contributed by atoms with Crippen LogP contribution in [0.2, 0.25) is 0 Å². The Kier molecular flexibility index (Phi) is 4.17. The number of rotatable bonds is 4. The highest BCUT2D eigenvalue weighted by Gasteiger charge is 2.50. The maximum Gasteiger partial charge on any atom is 0.0413 e. The van der Waals surface area contributed by atoms with Crippen LogP contribution in [0.4, 0.5) is 0 Å². The van der Waals surface area contributed by atoms with Gasteiger partial charge in [0, 0.05) is 28.4 Å². The van der Waals surface area contributed by atoms with Crippen LogP contribution in [-0.4, -0.2) is 17.1 Å². The minimum atomic E-state index is 0.196. The van der Waals surface area contributed by atoms with Crippen molar-refractivity contribution in [1.29, 1.82) is 0 Å². The van der Waals surface area contributed by atoms with Gasteiger partial charge in [-0.15, -0.1) is 0 Å². The molecule has 3 atom stereocenters. The SMILES string of the molecule is CC(C)(C)NCC1(Cc2ccc(Br)cn2)CC2CCC1C2. The molecule has 21 heavy (non-hydrogen) atoms. The fraction of sp³-hybridized carbons (Fsp3) is 0.722. The van der Waals surface area contributed by atoms with E-state index in [0.717, 1.165) is 29.3 Å². The standard InChI is InChI=1S/C18H27BrN2/c1-17(2,3)21-12-18(9-13-4-5-14(18)8-13)10-16-7-6-15(19)11-20-16/h6-7,11,13-14,21H,4-5,8-10,12H2,1-3H3. The number of nitrogens with zero attached hydrogens (tertiary/aromatic N) is 1. The van der Waals surface area contributed by atoms with Crippen LogP contribution < -0.4 is 5.32 Å². The molecule has 2 aliphatic carbocycles. The Morgan fingerprint density at radius 1 is 1.33 bits per heavy atom. The molecule has 1 N–H and O–H groups in total. The van der Waals surface area contributed by atoms with Crippen molar-refractivity contribution in [3.63, 3.8) is 0 Å². The average Bonchev–Trinajstić information content (AvgIpc) is 2.99. The maximum absolute atomic E-state index is 4.64. The zero-order valence-electron chi connectivity index (χ0n) is 13.5. The van der Waals surface area contributed by atoms with Gasteiger partial charge < -0.3 is 5.32 Å². The molecular formula is C18H27BrN2. The number of pyridine rings is 1. The smallest absolute Gasteiger partial charge is 0.0413 e. The number of nitrogens with one attached hydrogen (secondary N) is 1. The number of halogens is 1. The van der Waals surface area contributed by atoms with Crippen LogP contribution in [0.15, 0.2) is 22.8 Å². The van der Waals surface area contributed by atoms with Gasteiger partial charge in [-0.2, -0.15) is 0 Å². The summed E-state index contributed by atoms with van der Waals surface area (Å²) < 4.78 is 1.07.